The normalized spacial score (nSPS) is 50.0. The van der Waals surface area contributed by atoms with Gasteiger partial charge < -0.3 is 55.1 Å². The van der Waals surface area contributed by atoms with Crippen molar-refractivity contribution in [3.05, 3.63) is 0 Å². The Morgan fingerprint density at radius 3 is 2.04 bits per heavy atom. The van der Waals surface area contributed by atoms with E-state index < -0.39 is 74.6 Å². The highest BCUT2D eigenvalue weighted by atomic mass is 16.8. The van der Waals surface area contributed by atoms with E-state index in [-0.39, 0.29) is 6.42 Å². The SMILES string of the molecule is OCC1O[C@H](O[C@@]2(CO)O[C@H](CO)C(O)C[C@H]2O)C(O)C(O)[C@@H]1O. The molecule has 9 atom stereocenters. The zero-order valence-corrected chi connectivity index (χ0v) is 12.7. The summed E-state index contributed by atoms with van der Waals surface area (Å²) in [7, 11) is 0. The van der Waals surface area contributed by atoms with Crippen LogP contribution in [-0.2, 0) is 14.2 Å². The van der Waals surface area contributed by atoms with E-state index >= 15 is 0 Å². The number of aliphatic hydroxyl groups excluding tert-OH is 8. The van der Waals surface area contributed by atoms with Gasteiger partial charge in [0.05, 0.1) is 19.3 Å². The summed E-state index contributed by atoms with van der Waals surface area (Å²) in [6.45, 7) is -2.21. The molecule has 2 rings (SSSR count). The Labute approximate surface area is 137 Å². The van der Waals surface area contributed by atoms with Crippen LogP contribution in [0.25, 0.3) is 0 Å². The summed E-state index contributed by atoms with van der Waals surface area (Å²) < 4.78 is 15.7. The van der Waals surface area contributed by atoms with Gasteiger partial charge in [-0.25, -0.2) is 0 Å². The van der Waals surface area contributed by atoms with Crippen molar-refractivity contribution in [2.75, 3.05) is 19.8 Å². The van der Waals surface area contributed by atoms with Crippen molar-refractivity contribution in [1.82, 2.24) is 0 Å². The summed E-state index contributed by atoms with van der Waals surface area (Å²) in [6.07, 6.45) is -12.2. The van der Waals surface area contributed by atoms with E-state index in [0.717, 1.165) is 0 Å². The van der Waals surface area contributed by atoms with Gasteiger partial charge in [-0.3, -0.25) is 0 Å². The topological polar surface area (TPSA) is 190 Å². The molecule has 0 aromatic carbocycles. The lowest BCUT2D eigenvalue weighted by Crippen LogP contribution is -2.66. The van der Waals surface area contributed by atoms with Crippen LogP contribution < -0.4 is 0 Å². The van der Waals surface area contributed by atoms with Crippen molar-refractivity contribution in [1.29, 1.82) is 0 Å². The summed E-state index contributed by atoms with van der Waals surface area (Å²) in [6, 6.07) is 0. The maximum absolute atomic E-state index is 10.1. The largest absolute Gasteiger partial charge is 0.394 e. The second kappa shape index (κ2) is 7.85. The molecule has 4 unspecified atom stereocenters. The van der Waals surface area contributed by atoms with Gasteiger partial charge in [-0.05, 0) is 0 Å². The second-order valence-electron chi connectivity index (χ2n) is 5.94. The van der Waals surface area contributed by atoms with Crippen LogP contribution in [-0.4, -0.2) is 115 Å². The number of rotatable bonds is 5. The lowest BCUT2D eigenvalue weighted by molar-refractivity contribution is -0.417. The fourth-order valence-corrected chi connectivity index (χ4v) is 2.78. The lowest BCUT2D eigenvalue weighted by Gasteiger charge is -2.48. The van der Waals surface area contributed by atoms with Crippen molar-refractivity contribution in [2.45, 2.75) is 61.2 Å². The van der Waals surface area contributed by atoms with Crippen molar-refractivity contribution in [3.8, 4) is 0 Å². The zero-order valence-electron chi connectivity index (χ0n) is 12.7. The Kier molecular flexibility index (Phi) is 6.50. The zero-order chi connectivity index (χ0) is 18.1. The Bertz CT molecular complexity index is 407. The van der Waals surface area contributed by atoms with Crippen LogP contribution >= 0.6 is 0 Å². The van der Waals surface area contributed by atoms with Crippen LogP contribution in [0.15, 0.2) is 0 Å². The van der Waals surface area contributed by atoms with E-state index in [0.29, 0.717) is 0 Å². The quantitative estimate of drug-likeness (QED) is 0.235. The average Bonchev–Trinajstić information content (AvgIpc) is 2.57. The van der Waals surface area contributed by atoms with Crippen molar-refractivity contribution >= 4 is 0 Å². The van der Waals surface area contributed by atoms with Gasteiger partial charge in [-0.1, -0.05) is 0 Å². The van der Waals surface area contributed by atoms with Crippen molar-refractivity contribution in [2.24, 2.45) is 0 Å². The predicted molar refractivity (Wildman–Crippen MR) is 73.3 cm³/mol. The molecule has 0 radical (unpaired) electrons. The first-order valence-electron chi connectivity index (χ1n) is 7.53. The van der Waals surface area contributed by atoms with E-state index in [1.165, 1.54) is 0 Å². The van der Waals surface area contributed by atoms with Crippen LogP contribution in [0.1, 0.15) is 6.42 Å². The Morgan fingerprint density at radius 2 is 1.50 bits per heavy atom. The maximum Gasteiger partial charge on any atom is 0.221 e. The minimum atomic E-state index is -2.14. The third kappa shape index (κ3) is 3.57. The highest BCUT2D eigenvalue weighted by Crippen LogP contribution is 2.34. The van der Waals surface area contributed by atoms with Crippen LogP contribution in [0.5, 0.6) is 0 Å². The summed E-state index contributed by atoms with van der Waals surface area (Å²) in [4.78, 5) is 0. The number of aliphatic hydroxyl groups is 8. The van der Waals surface area contributed by atoms with Gasteiger partial charge in [0.25, 0.3) is 0 Å². The van der Waals surface area contributed by atoms with Crippen LogP contribution in [0, 0.1) is 0 Å². The molecule has 0 aliphatic carbocycles. The fraction of sp³-hybridized carbons (Fsp3) is 1.00. The number of hydrogen-bond donors (Lipinski definition) is 8. The van der Waals surface area contributed by atoms with Crippen molar-refractivity contribution < 1.29 is 55.1 Å². The third-order valence-electron chi connectivity index (χ3n) is 4.32. The molecule has 0 spiro atoms. The maximum atomic E-state index is 10.1. The molecule has 0 saturated carbocycles. The molecule has 8 N–H and O–H groups in total. The molecule has 2 fully saturated rings. The fourth-order valence-electron chi connectivity index (χ4n) is 2.78. The first kappa shape index (κ1) is 19.9. The van der Waals surface area contributed by atoms with Gasteiger partial charge in [-0.2, -0.15) is 0 Å². The molecule has 2 aliphatic heterocycles. The summed E-state index contributed by atoms with van der Waals surface area (Å²) in [5.74, 6) is -2.14. The highest BCUT2D eigenvalue weighted by Gasteiger charge is 2.54. The third-order valence-corrected chi connectivity index (χ3v) is 4.32. The first-order chi connectivity index (χ1) is 11.3. The Hall–Kier alpha value is -0.440. The van der Waals surface area contributed by atoms with Gasteiger partial charge in [0.2, 0.25) is 5.79 Å². The Balaban J connectivity index is 2.18. The van der Waals surface area contributed by atoms with E-state index in [1.807, 2.05) is 0 Å². The number of ether oxygens (including phenoxy) is 3. The molecular weight excluding hydrogens is 332 g/mol. The molecule has 142 valence electrons. The molecule has 2 saturated heterocycles. The number of hydrogen-bond acceptors (Lipinski definition) is 11. The standard InChI is InChI=1S/C13H24O11/c14-2-6-5(17)1-8(18)13(4-16,23-6)24-12-11(21)10(20)9(19)7(3-15)22-12/h5-12,14-21H,1-4H2/t5?,6-,7?,8-,9-,10?,11?,12-,13-/m1/s1. The van der Waals surface area contributed by atoms with Gasteiger partial charge >= 0.3 is 0 Å². The van der Waals surface area contributed by atoms with Crippen molar-refractivity contribution in [3.63, 3.8) is 0 Å². The predicted octanol–water partition coefficient (Wildman–Crippen LogP) is -5.01. The molecular formula is C13H24O11. The van der Waals surface area contributed by atoms with Gasteiger partial charge in [0.15, 0.2) is 6.29 Å². The minimum Gasteiger partial charge on any atom is -0.394 e. The van der Waals surface area contributed by atoms with E-state index in [4.69, 9.17) is 19.3 Å². The smallest absolute Gasteiger partial charge is 0.221 e. The summed E-state index contributed by atoms with van der Waals surface area (Å²) in [5.41, 5.74) is 0. The van der Waals surface area contributed by atoms with Gasteiger partial charge in [0.1, 0.15) is 43.2 Å². The lowest BCUT2D eigenvalue weighted by atomic mass is 9.95. The molecule has 2 aliphatic rings. The molecule has 24 heavy (non-hydrogen) atoms. The van der Waals surface area contributed by atoms with Crippen LogP contribution in [0.3, 0.4) is 0 Å². The van der Waals surface area contributed by atoms with Gasteiger partial charge in [0, 0.05) is 6.42 Å². The molecule has 0 amide bonds. The van der Waals surface area contributed by atoms with Gasteiger partial charge in [-0.15, -0.1) is 0 Å². The Morgan fingerprint density at radius 1 is 0.875 bits per heavy atom. The summed E-state index contributed by atoms with van der Waals surface area (Å²) >= 11 is 0. The van der Waals surface area contributed by atoms with E-state index in [9.17, 15) is 35.7 Å². The monoisotopic (exact) mass is 356 g/mol. The molecule has 0 aromatic rings. The van der Waals surface area contributed by atoms with E-state index in [2.05, 4.69) is 0 Å². The van der Waals surface area contributed by atoms with Crippen LogP contribution in [0.2, 0.25) is 0 Å². The average molecular weight is 356 g/mol. The molecule has 11 heteroatoms. The second-order valence-corrected chi connectivity index (χ2v) is 5.94. The highest BCUT2D eigenvalue weighted by molar-refractivity contribution is 4.94. The minimum absolute atomic E-state index is 0.288. The molecule has 11 nitrogen and oxygen atoms in total. The molecule has 0 aromatic heterocycles. The summed E-state index contributed by atoms with van der Waals surface area (Å²) in [5, 5.41) is 77.2. The van der Waals surface area contributed by atoms with E-state index in [1.54, 1.807) is 0 Å². The first-order valence-corrected chi connectivity index (χ1v) is 7.53. The molecule has 0 bridgehead atoms. The van der Waals surface area contributed by atoms with Crippen LogP contribution in [0.4, 0.5) is 0 Å². The molecule has 2 heterocycles.